The zero-order chi connectivity index (χ0) is 17.0. The maximum Gasteiger partial charge on any atom is 0.407 e. The molecule has 0 atom stereocenters. The molecule has 0 heterocycles. The summed E-state index contributed by atoms with van der Waals surface area (Å²) in [4.78, 5) is 33.8. The molecule has 0 rings (SSSR count). The Morgan fingerprint density at radius 3 is 2.00 bits per heavy atom. The lowest BCUT2D eigenvalue weighted by molar-refractivity contribution is -0.167. The first-order chi connectivity index (χ1) is 10.2. The second-order valence-electron chi connectivity index (χ2n) is 5.79. The minimum atomic E-state index is -0.551. The lowest BCUT2D eigenvalue weighted by Crippen LogP contribution is -2.33. The van der Waals surface area contributed by atoms with Crippen LogP contribution in [0.5, 0.6) is 0 Å². The zero-order valence-electron chi connectivity index (χ0n) is 13.9. The van der Waals surface area contributed by atoms with Crippen LogP contribution in [0.3, 0.4) is 0 Å². The number of esters is 2. The lowest BCUT2D eigenvalue weighted by Gasteiger charge is -2.19. The number of carbonyl (C=O) groups is 3. The highest BCUT2D eigenvalue weighted by Crippen LogP contribution is 2.06. The summed E-state index contributed by atoms with van der Waals surface area (Å²) in [6.45, 7) is 7.23. The van der Waals surface area contributed by atoms with E-state index in [0.717, 1.165) is 12.8 Å². The van der Waals surface area contributed by atoms with Crippen LogP contribution in [0.2, 0.25) is 0 Å². The first-order valence-electron chi connectivity index (χ1n) is 7.52. The summed E-state index contributed by atoms with van der Waals surface area (Å²) in [5, 5.41) is 2.54. The fraction of sp³-hybridized carbons (Fsp3) is 0.800. The Balaban J connectivity index is 3.58. The summed E-state index contributed by atoms with van der Waals surface area (Å²) in [5.41, 5.74) is -0.551. The molecule has 1 amide bonds. The summed E-state index contributed by atoms with van der Waals surface area (Å²) >= 11 is 0. The number of nitrogens with one attached hydrogen (secondary N) is 1. The third-order valence-corrected chi connectivity index (χ3v) is 2.40. The molecule has 0 aromatic heterocycles. The van der Waals surface area contributed by atoms with Gasteiger partial charge in [0.15, 0.2) is 0 Å². The Kier molecular flexibility index (Phi) is 9.98. The summed E-state index contributed by atoms with van der Waals surface area (Å²) in [7, 11) is 0. The van der Waals surface area contributed by atoms with Crippen molar-refractivity contribution in [3.63, 3.8) is 0 Å². The minimum Gasteiger partial charge on any atom is -0.444 e. The second kappa shape index (κ2) is 10.9. The van der Waals surface area contributed by atoms with E-state index >= 15 is 0 Å². The molecule has 0 aromatic rings. The normalized spacial score (nSPS) is 10.7. The first kappa shape index (κ1) is 20.2. The van der Waals surface area contributed by atoms with Gasteiger partial charge >= 0.3 is 18.0 Å². The van der Waals surface area contributed by atoms with Gasteiger partial charge in [-0.3, -0.25) is 9.59 Å². The molecule has 0 bridgehead atoms. The Labute approximate surface area is 131 Å². The van der Waals surface area contributed by atoms with Crippen molar-refractivity contribution in [1.82, 2.24) is 5.32 Å². The van der Waals surface area contributed by atoms with E-state index < -0.39 is 17.7 Å². The number of rotatable bonds is 9. The number of hydrogen-bond acceptors (Lipinski definition) is 6. The Morgan fingerprint density at radius 2 is 1.50 bits per heavy atom. The summed E-state index contributed by atoms with van der Waals surface area (Å²) in [6.07, 6.45) is 2.01. The fourth-order valence-electron chi connectivity index (χ4n) is 1.36. The number of amides is 1. The van der Waals surface area contributed by atoms with Crippen molar-refractivity contribution in [2.45, 2.75) is 65.4 Å². The van der Waals surface area contributed by atoms with Crippen LogP contribution in [0, 0.1) is 0 Å². The van der Waals surface area contributed by atoms with Crippen molar-refractivity contribution in [3.8, 4) is 0 Å². The molecular weight excluding hydrogens is 290 g/mol. The predicted molar refractivity (Wildman–Crippen MR) is 80.0 cm³/mol. The molecule has 0 fully saturated rings. The van der Waals surface area contributed by atoms with Gasteiger partial charge in [0.1, 0.15) is 5.60 Å². The summed E-state index contributed by atoms with van der Waals surface area (Å²) in [5.74, 6) is -0.851. The molecule has 0 aliphatic rings. The average molecular weight is 317 g/mol. The van der Waals surface area contributed by atoms with Crippen LogP contribution in [0.15, 0.2) is 0 Å². The van der Waals surface area contributed by atoms with Gasteiger partial charge in [0.05, 0.1) is 0 Å². The molecular formula is C15H27NO6. The molecule has 22 heavy (non-hydrogen) atoms. The molecule has 0 aliphatic carbocycles. The molecule has 0 spiro atoms. The zero-order valence-corrected chi connectivity index (χ0v) is 13.9. The van der Waals surface area contributed by atoms with Crippen LogP contribution in [0.4, 0.5) is 4.79 Å². The van der Waals surface area contributed by atoms with Gasteiger partial charge < -0.3 is 19.5 Å². The van der Waals surface area contributed by atoms with Gasteiger partial charge in [-0.05, 0) is 33.6 Å². The van der Waals surface area contributed by atoms with Gasteiger partial charge in [0, 0.05) is 19.4 Å². The smallest absolute Gasteiger partial charge is 0.407 e. The number of alkyl carbamates (subject to hydrolysis) is 1. The Morgan fingerprint density at radius 1 is 0.955 bits per heavy atom. The monoisotopic (exact) mass is 317 g/mol. The Bertz CT molecular complexity index is 362. The van der Waals surface area contributed by atoms with Crippen molar-refractivity contribution in [2.75, 3.05) is 13.3 Å². The highest BCUT2D eigenvalue weighted by atomic mass is 16.7. The number of carbonyl (C=O) groups excluding carboxylic acids is 3. The maximum absolute atomic E-state index is 11.4. The number of hydrogen-bond donors (Lipinski definition) is 1. The van der Waals surface area contributed by atoms with E-state index in [-0.39, 0.29) is 19.2 Å². The number of unbranched alkanes of at least 4 members (excludes halogenated alkanes) is 1. The van der Waals surface area contributed by atoms with Crippen LogP contribution in [-0.4, -0.2) is 37.0 Å². The molecule has 7 nitrogen and oxygen atoms in total. The van der Waals surface area contributed by atoms with Gasteiger partial charge in [-0.2, -0.15) is 0 Å². The molecule has 128 valence electrons. The molecule has 0 radical (unpaired) electrons. The van der Waals surface area contributed by atoms with E-state index in [1.807, 2.05) is 6.92 Å². The molecule has 0 aromatic carbocycles. The van der Waals surface area contributed by atoms with E-state index in [1.54, 1.807) is 20.8 Å². The van der Waals surface area contributed by atoms with Crippen LogP contribution in [0.25, 0.3) is 0 Å². The molecule has 0 saturated carbocycles. The Hall–Kier alpha value is -1.79. The largest absolute Gasteiger partial charge is 0.444 e. The van der Waals surface area contributed by atoms with Crippen LogP contribution in [0.1, 0.15) is 59.8 Å². The van der Waals surface area contributed by atoms with Gasteiger partial charge in [0.25, 0.3) is 0 Å². The van der Waals surface area contributed by atoms with Crippen molar-refractivity contribution in [1.29, 1.82) is 0 Å². The van der Waals surface area contributed by atoms with Crippen molar-refractivity contribution in [2.24, 2.45) is 0 Å². The molecule has 7 heteroatoms. The second-order valence-corrected chi connectivity index (χ2v) is 5.79. The van der Waals surface area contributed by atoms with E-state index in [1.165, 1.54) is 0 Å². The van der Waals surface area contributed by atoms with Crippen LogP contribution in [-0.2, 0) is 23.8 Å². The van der Waals surface area contributed by atoms with Gasteiger partial charge in [0.2, 0.25) is 6.79 Å². The third kappa shape index (κ3) is 13.2. The highest BCUT2D eigenvalue weighted by molar-refractivity contribution is 5.71. The van der Waals surface area contributed by atoms with Crippen LogP contribution < -0.4 is 5.32 Å². The van der Waals surface area contributed by atoms with Gasteiger partial charge in [-0.25, -0.2) is 4.79 Å². The quantitative estimate of drug-likeness (QED) is 0.399. The van der Waals surface area contributed by atoms with Crippen molar-refractivity contribution < 1.29 is 28.6 Å². The molecule has 0 aliphatic heterocycles. The van der Waals surface area contributed by atoms with Gasteiger partial charge in [-0.1, -0.05) is 13.3 Å². The maximum atomic E-state index is 11.4. The van der Waals surface area contributed by atoms with E-state index in [9.17, 15) is 14.4 Å². The fourth-order valence-corrected chi connectivity index (χ4v) is 1.36. The van der Waals surface area contributed by atoms with Crippen molar-refractivity contribution in [3.05, 3.63) is 0 Å². The van der Waals surface area contributed by atoms with Gasteiger partial charge in [-0.15, -0.1) is 0 Å². The molecule has 0 unspecified atom stereocenters. The standard InChI is InChI=1S/C15H27NO6/c1-5-6-8-12(17)20-11-21-13(18)9-7-10-16-14(19)22-15(2,3)4/h5-11H2,1-4H3,(H,16,19). The SMILES string of the molecule is CCCCC(=O)OCOC(=O)CCCNC(=O)OC(C)(C)C. The number of ether oxygens (including phenoxy) is 3. The minimum absolute atomic E-state index is 0.127. The van der Waals surface area contributed by atoms with Crippen LogP contribution >= 0.6 is 0 Å². The molecule has 1 N–H and O–H groups in total. The average Bonchev–Trinajstić information content (AvgIpc) is 2.39. The van der Waals surface area contributed by atoms with E-state index in [0.29, 0.717) is 19.4 Å². The lowest BCUT2D eigenvalue weighted by atomic mass is 10.2. The van der Waals surface area contributed by atoms with E-state index in [2.05, 4.69) is 5.32 Å². The predicted octanol–water partition coefficient (Wildman–Crippen LogP) is 2.53. The molecule has 0 saturated heterocycles. The van der Waals surface area contributed by atoms with E-state index in [4.69, 9.17) is 14.2 Å². The van der Waals surface area contributed by atoms with Crippen molar-refractivity contribution >= 4 is 18.0 Å². The summed E-state index contributed by atoms with van der Waals surface area (Å²) in [6, 6.07) is 0. The third-order valence-electron chi connectivity index (χ3n) is 2.40. The summed E-state index contributed by atoms with van der Waals surface area (Å²) < 4.78 is 14.5. The first-order valence-corrected chi connectivity index (χ1v) is 7.52. The topological polar surface area (TPSA) is 90.9 Å². The highest BCUT2D eigenvalue weighted by Gasteiger charge is 2.15.